The maximum Gasteiger partial charge on any atom is 0.324 e. The first kappa shape index (κ1) is 27.8. The van der Waals surface area contributed by atoms with Gasteiger partial charge in [0, 0.05) is 31.6 Å². The molecule has 0 fully saturated rings. The first-order valence-corrected chi connectivity index (χ1v) is 17.2. The largest absolute Gasteiger partial charge is 0.324 e. The van der Waals surface area contributed by atoms with Crippen molar-refractivity contribution in [3.63, 3.8) is 0 Å². The number of benzene rings is 3. The van der Waals surface area contributed by atoms with Crippen molar-refractivity contribution in [1.82, 2.24) is 0 Å². The van der Waals surface area contributed by atoms with E-state index in [1.807, 2.05) is 30.3 Å². The molecule has 216 valence electrons. The van der Waals surface area contributed by atoms with Gasteiger partial charge >= 0.3 is 10.0 Å². The lowest BCUT2D eigenvalue weighted by molar-refractivity contribution is -0.380. The summed E-state index contributed by atoms with van der Waals surface area (Å²) in [6.45, 7) is 0.0647. The van der Waals surface area contributed by atoms with Crippen LogP contribution in [0, 0.1) is 20.2 Å². The van der Waals surface area contributed by atoms with Gasteiger partial charge in [0.15, 0.2) is 0 Å². The van der Waals surface area contributed by atoms with E-state index in [0.29, 0.717) is 0 Å². The Morgan fingerprint density at radius 1 is 0.467 bits per heavy atom. The maximum atomic E-state index is 11.2. The molecule has 1 aliphatic heterocycles. The highest BCUT2D eigenvalue weighted by Crippen LogP contribution is 2.42. The molecule has 11 heteroatoms. The second-order valence-electron chi connectivity index (χ2n) is 10.6. The minimum absolute atomic E-state index is 0.0647. The average molecular weight is 659 g/mol. The summed E-state index contributed by atoms with van der Waals surface area (Å²) in [5.74, 6) is 0. The molecule has 3 aromatic carbocycles. The lowest BCUT2D eigenvalue weighted by Crippen LogP contribution is -2.48. The third-order valence-electron chi connectivity index (χ3n) is 7.96. The molecule has 0 saturated carbocycles. The third kappa shape index (κ3) is 4.94. The van der Waals surface area contributed by atoms with E-state index in [-0.39, 0.29) is 26.6 Å². The van der Waals surface area contributed by atoms with Gasteiger partial charge in [-0.05, 0) is 58.7 Å². The Balaban J connectivity index is 1.17. The van der Waals surface area contributed by atoms with E-state index < -0.39 is 0 Å². The van der Waals surface area contributed by atoms with Crippen molar-refractivity contribution >= 4 is 78.5 Å². The molecular weight excluding hydrogens is 639 g/mol. The number of nitrogens with zero attached hydrogens (tertiary/aromatic N) is 2. The lowest BCUT2D eigenvalue weighted by Gasteiger charge is -2.12. The minimum atomic E-state index is -0.342. The molecule has 0 aliphatic carbocycles. The molecular formula is C34H19BN2O4S4. The number of rotatable bonds is 7. The van der Waals surface area contributed by atoms with Gasteiger partial charge in [0.25, 0.3) is 0 Å². The van der Waals surface area contributed by atoms with Gasteiger partial charge < -0.3 is 0 Å². The lowest BCUT2D eigenvalue weighted by atomic mass is 9.39. The smallest absolute Gasteiger partial charge is 0.258 e. The van der Waals surface area contributed by atoms with Crippen molar-refractivity contribution in [1.29, 1.82) is 0 Å². The topological polar surface area (TPSA) is 86.3 Å². The van der Waals surface area contributed by atoms with E-state index in [4.69, 9.17) is 0 Å². The van der Waals surface area contributed by atoms with Crippen LogP contribution in [0.4, 0.5) is 10.0 Å². The Hall–Kier alpha value is -4.68. The Morgan fingerprint density at radius 3 is 1.33 bits per heavy atom. The van der Waals surface area contributed by atoms with Crippen LogP contribution in [-0.2, 0) is 0 Å². The molecule has 0 saturated heterocycles. The zero-order valence-electron chi connectivity index (χ0n) is 23.2. The fourth-order valence-electron chi connectivity index (χ4n) is 5.94. The minimum Gasteiger partial charge on any atom is -0.258 e. The SMILES string of the molecule is O=[N+]([O-])c1ccc(-c2ccc(-c3ccc4c(c3)B(c3ccccc3)c3cc(-c5ccc(-c6ccc([N+](=O)[O-])s6)s5)ccc3-4)s2)s1. The second kappa shape index (κ2) is 11.0. The van der Waals surface area contributed by atoms with Crippen LogP contribution in [0.2, 0.25) is 0 Å². The molecule has 0 N–H and O–H groups in total. The van der Waals surface area contributed by atoms with Gasteiger partial charge in [-0.15, -0.1) is 22.7 Å². The van der Waals surface area contributed by atoms with Crippen LogP contribution < -0.4 is 16.4 Å². The van der Waals surface area contributed by atoms with E-state index in [1.165, 1.54) is 50.2 Å². The predicted octanol–water partition coefficient (Wildman–Crippen LogP) is 8.91. The number of hydrogen-bond acceptors (Lipinski definition) is 8. The van der Waals surface area contributed by atoms with E-state index in [1.54, 1.807) is 34.8 Å². The van der Waals surface area contributed by atoms with Crippen LogP contribution in [-0.4, -0.2) is 16.6 Å². The van der Waals surface area contributed by atoms with Crippen LogP contribution in [0.1, 0.15) is 0 Å². The molecule has 0 radical (unpaired) electrons. The Kier molecular flexibility index (Phi) is 6.83. The van der Waals surface area contributed by atoms with Crippen LogP contribution >= 0.6 is 45.3 Å². The molecule has 0 unspecified atom stereocenters. The second-order valence-corrected chi connectivity index (χ2v) is 14.9. The normalized spacial score (nSPS) is 11.9. The molecule has 0 atom stereocenters. The molecule has 0 bridgehead atoms. The first-order chi connectivity index (χ1) is 21.9. The van der Waals surface area contributed by atoms with Crippen molar-refractivity contribution < 1.29 is 9.85 Å². The first-order valence-electron chi connectivity index (χ1n) is 14.0. The van der Waals surface area contributed by atoms with Gasteiger partial charge in [-0.25, -0.2) is 0 Å². The van der Waals surface area contributed by atoms with Crippen molar-refractivity contribution in [3.05, 3.63) is 135 Å². The molecule has 7 aromatic rings. The van der Waals surface area contributed by atoms with Crippen molar-refractivity contribution in [2.24, 2.45) is 0 Å². The Morgan fingerprint density at radius 2 is 0.889 bits per heavy atom. The summed E-state index contributed by atoms with van der Waals surface area (Å²) in [7, 11) is 0. The Labute approximate surface area is 273 Å². The van der Waals surface area contributed by atoms with E-state index >= 15 is 0 Å². The highest BCUT2D eigenvalue weighted by atomic mass is 32.1. The molecule has 4 aromatic heterocycles. The molecule has 45 heavy (non-hydrogen) atoms. The fraction of sp³-hybridized carbons (Fsp3) is 0. The summed E-state index contributed by atoms with van der Waals surface area (Å²) in [6.07, 6.45) is 0. The maximum absolute atomic E-state index is 11.2. The van der Waals surface area contributed by atoms with Crippen molar-refractivity contribution in [3.8, 4) is 51.5 Å². The standard InChI is InChI=1S/C34H19BN2O4S4/c38-36(39)33-16-14-31(44-33)29-12-10-27(42-29)20-6-8-23-24-9-7-21(19-26(24)35(25(23)18-20)22-4-2-1-3-5-22)28-11-13-30(43-28)32-15-17-34(45-32)37(40)41/h1-19H. The van der Waals surface area contributed by atoms with Gasteiger partial charge in [-0.3, -0.25) is 20.2 Å². The van der Waals surface area contributed by atoms with Crippen molar-refractivity contribution in [2.45, 2.75) is 0 Å². The third-order valence-corrected chi connectivity index (χ3v) is 12.7. The summed E-state index contributed by atoms with van der Waals surface area (Å²) >= 11 is 5.69. The number of thiophene rings is 4. The molecule has 5 heterocycles. The van der Waals surface area contributed by atoms with E-state index in [0.717, 1.165) is 40.4 Å². The number of fused-ring (bicyclic) bond motifs is 3. The van der Waals surface area contributed by atoms with Crippen LogP contribution in [0.25, 0.3) is 51.5 Å². The number of hydrogen-bond donors (Lipinski definition) is 0. The zero-order valence-corrected chi connectivity index (χ0v) is 26.5. The van der Waals surface area contributed by atoms with Crippen LogP contribution in [0.3, 0.4) is 0 Å². The van der Waals surface area contributed by atoms with E-state index in [9.17, 15) is 20.2 Å². The predicted molar refractivity (Wildman–Crippen MR) is 190 cm³/mol. The molecule has 6 nitrogen and oxygen atoms in total. The van der Waals surface area contributed by atoms with Gasteiger partial charge in [0.1, 0.15) is 0 Å². The van der Waals surface area contributed by atoms with Crippen molar-refractivity contribution in [2.75, 3.05) is 0 Å². The van der Waals surface area contributed by atoms with Crippen LogP contribution in [0.5, 0.6) is 0 Å². The molecule has 8 rings (SSSR count). The highest BCUT2D eigenvalue weighted by Gasteiger charge is 2.34. The quantitative estimate of drug-likeness (QED) is 0.0973. The van der Waals surface area contributed by atoms with E-state index in [2.05, 4.69) is 72.8 Å². The van der Waals surface area contributed by atoms with Gasteiger partial charge in [-0.2, -0.15) is 0 Å². The molecule has 0 amide bonds. The summed E-state index contributed by atoms with van der Waals surface area (Å²) in [6, 6.07) is 39.0. The summed E-state index contributed by atoms with van der Waals surface area (Å²) in [5, 5.41) is 22.7. The van der Waals surface area contributed by atoms with Gasteiger partial charge in [0.2, 0.25) is 6.71 Å². The van der Waals surface area contributed by atoms with Gasteiger partial charge in [-0.1, -0.05) is 106 Å². The molecule has 0 spiro atoms. The fourth-order valence-corrected chi connectivity index (χ4v) is 9.77. The van der Waals surface area contributed by atoms with Gasteiger partial charge in [0.05, 0.1) is 19.6 Å². The monoisotopic (exact) mass is 658 g/mol. The molecule has 1 aliphatic rings. The summed E-state index contributed by atoms with van der Waals surface area (Å²) in [5.41, 5.74) is 8.42. The van der Waals surface area contributed by atoms with Crippen LogP contribution in [0.15, 0.2) is 115 Å². The Bertz CT molecular complexity index is 2130. The number of nitro groups is 2. The summed E-state index contributed by atoms with van der Waals surface area (Å²) in [4.78, 5) is 27.8. The summed E-state index contributed by atoms with van der Waals surface area (Å²) < 4.78 is 0. The average Bonchev–Trinajstić information content (AvgIpc) is 3.88. The zero-order chi connectivity index (χ0) is 30.7. The highest BCUT2D eigenvalue weighted by molar-refractivity contribution is 7.25.